The molecule has 0 spiro atoms. The fourth-order valence-electron chi connectivity index (χ4n) is 5.02. The van der Waals surface area contributed by atoms with Gasteiger partial charge in [-0.3, -0.25) is 4.57 Å². The molecule has 0 aliphatic heterocycles. The number of para-hydroxylation sites is 2. The van der Waals surface area contributed by atoms with Crippen LogP contribution >= 0.6 is 0 Å². The molecule has 0 saturated carbocycles. The van der Waals surface area contributed by atoms with Gasteiger partial charge in [0.1, 0.15) is 5.82 Å². The van der Waals surface area contributed by atoms with Gasteiger partial charge in [0.2, 0.25) is 0 Å². The Kier molecular flexibility index (Phi) is 5.73. The van der Waals surface area contributed by atoms with Crippen LogP contribution in [0.4, 0.5) is 0 Å². The maximum absolute atomic E-state index is 5.16. The normalized spacial score (nSPS) is 11.6. The molecule has 0 atom stereocenters. The van der Waals surface area contributed by atoms with E-state index >= 15 is 0 Å². The maximum Gasteiger partial charge on any atom is 0.145 e. The number of fused-ring (bicyclic) bond motifs is 1. The van der Waals surface area contributed by atoms with Gasteiger partial charge in [-0.15, -0.1) is 0 Å². The van der Waals surface area contributed by atoms with Crippen molar-refractivity contribution in [2.24, 2.45) is 0 Å². The fraction of sp³-hybridized carbons (Fsp3) is 0.114. The van der Waals surface area contributed by atoms with Crippen molar-refractivity contribution in [2.45, 2.75) is 26.2 Å². The first-order valence-corrected chi connectivity index (χ1v) is 12.8. The summed E-state index contributed by atoms with van der Waals surface area (Å²) in [5.74, 6) is 0.944. The lowest BCUT2D eigenvalue weighted by Crippen LogP contribution is -2.13. The largest absolute Gasteiger partial charge is 0.291 e. The molecule has 0 bridgehead atoms. The van der Waals surface area contributed by atoms with Crippen LogP contribution in [-0.2, 0) is 5.41 Å². The summed E-state index contributed by atoms with van der Waals surface area (Å²) in [7, 11) is 0. The summed E-state index contributed by atoms with van der Waals surface area (Å²) in [5.41, 5.74) is 10.4. The second kappa shape index (κ2) is 9.22. The Bertz CT molecular complexity index is 1610. The molecular weight excluding hydrogens is 448 g/mol. The molecule has 6 aromatic rings. The lowest BCUT2D eigenvalue weighted by atomic mass is 9.82. The molecule has 2 nitrogen and oxygen atoms in total. The molecule has 5 aromatic carbocycles. The van der Waals surface area contributed by atoms with Crippen LogP contribution in [0.3, 0.4) is 0 Å². The van der Waals surface area contributed by atoms with Gasteiger partial charge in [0.25, 0.3) is 0 Å². The van der Waals surface area contributed by atoms with Crippen molar-refractivity contribution >= 4 is 11.0 Å². The molecule has 37 heavy (non-hydrogen) atoms. The van der Waals surface area contributed by atoms with Crippen LogP contribution in [0.5, 0.6) is 0 Å². The predicted molar refractivity (Wildman–Crippen MR) is 156 cm³/mol. The second-order valence-electron chi connectivity index (χ2n) is 10.5. The molecular formula is C35H30N2. The summed E-state index contributed by atoms with van der Waals surface area (Å²) in [6.07, 6.45) is 0. The van der Waals surface area contributed by atoms with Gasteiger partial charge in [-0.25, -0.2) is 4.98 Å². The van der Waals surface area contributed by atoms with Crippen molar-refractivity contribution < 1.29 is 0 Å². The first-order valence-electron chi connectivity index (χ1n) is 12.8. The van der Waals surface area contributed by atoms with Crippen LogP contribution in [0.1, 0.15) is 26.3 Å². The van der Waals surface area contributed by atoms with Crippen molar-refractivity contribution in [2.75, 3.05) is 0 Å². The van der Waals surface area contributed by atoms with Crippen LogP contribution in [0.15, 0.2) is 127 Å². The molecule has 0 unspecified atom stereocenters. The number of imidazole rings is 1. The minimum atomic E-state index is -0.00907. The molecule has 0 aliphatic rings. The van der Waals surface area contributed by atoms with E-state index in [1.54, 1.807) is 0 Å². The van der Waals surface area contributed by atoms with E-state index < -0.39 is 0 Å². The van der Waals surface area contributed by atoms with Crippen LogP contribution in [0.25, 0.3) is 50.4 Å². The Morgan fingerprint density at radius 1 is 0.541 bits per heavy atom. The van der Waals surface area contributed by atoms with Crippen LogP contribution in [0.2, 0.25) is 0 Å². The zero-order valence-electron chi connectivity index (χ0n) is 21.5. The first-order chi connectivity index (χ1) is 18.0. The molecule has 0 saturated heterocycles. The van der Waals surface area contributed by atoms with Gasteiger partial charge < -0.3 is 0 Å². The topological polar surface area (TPSA) is 17.8 Å². The van der Waals surface area contributed by atoms with Gasteiger partial charge in [0.05, 0.1) is 16.7 Å². The van der Waals surface area contributed by atoms with Gasteiger partial charge in [-0.05, 0) is 46.4 Å². The van der Waals surface area contributed by atoms with Gasteiger partial charge in [0, 0.05) is 16.7 Å². The Labute approximate surface area is 218 Å². The molecule has 1 heterocycles. The van der Waals surface area contributed by atoms with Crippen molar-refractivity contribution in [3.8, 4) is 39.3 Å². The van der Waals surface area contributed by atoms with Gasteiger partial charge in [-0.1, -0.05) is 124 Å². The number of hydrogen-bond acceptors (Lipinski definition) is 1. The number of benzene rings is 5. The smallest absolute Gasteiger partial charge is 0.145 e. The third-order valence-corrected chi connectivity index (χ3v) is 6.96. The van der Waals surface area contributed by atoms with Gasteiger partial charge >= 0.3 is 0 Å². The second-order valence-corrected chi connectivity index (χ2v) is 10.5. The molecule has 0 aliphatic carbocycles. The third kappa shape index (κ3) is 4.25. The number of nitrogens with zero attached hydrogens (tertiary/aromatic N) is 2. The highest BCUT2D eigenvalue weighted by molar-refractivity contribution is 5.92. The third-order valence-electron chi connectivity index (χ3n) is 6.96. The molecule has 0 fully saturated rings. The molecule has 0 N–H and O–H groups in total. The zero-order valence-corrected chi connectivity index (χ0v) is 21.5. The molecule has 180 valence electrons. The fourth-order valence-corrected chi connectivity index (χ4v) is 5.02. The summed E-state index contributed by atoms with van der Waals surface area (Å²) < 4.78 is 2.36. The van der Waals surface area contributed by atoms with Crippen molar-refractivity contribution in [3.63, 3.8) is 0 Å². The summed E-state index contributed by atoms with van der Waals surface area (Å²) >= 11 is 0. The van der Waals surface area contributed by atoms with E-state index in [0.717, 1.165) is 28.1 Å². The number of hydrogen-bond donors (Lipinski definition) is 0. The van der Waals surface area contributed by atoms with E-state index in [-0.39, 0.29) is 5.41 Å². The maximum atomic E-state index is 5.16. The molecule has 0 radical (unpaired) electrons. The Morgan fingerprint density at radius 3 is 1.51 bits per heavy atom. The zero-order chi connectivity index (χ0) is 25.4. The number of aromatic nitrogens is 2. The lowest BCUT2D eigenvalue weighted by Gasteiger charge is -2.26. The summed E-state index contributed by atoms with van der Waals surface area (Å²) in [4.78, 5) is 5.16. The molecule has 0 amide bonds. The van der Waals surface area contributed by atoms with Crippen LogP contribution in [0, 0.1) is 0 Å². The monoisotopic (exact) mass is 478 g/mol. The SMILES string of the molecule is CC(C)(C)c1cc(-c2ccccc2)c(-n2c(-c3ccccc3)nc3ccccc32)c(-c2ccccc2)c1. The van der Waals surface area contributed by atoms with Crippen molar-refractivity contribution in [1.82, 2.24) is 9.55 Å². The van der Waals surface area contributed by atoms with E-state index in [4.69, 9.17) is 4.98 Å². The highest BCUT2D eigenvalue weighted by atomic mass is 15.1. The highest BCUT2D eigenvalue weighted by Crippen LogP contribution is 2.43. The van der Waals surface area contributed by atoms with Crippen molar-refractivity contribution in [1.29, 1.82) is 0 Å². The molecule has 2 heteroatoms. The molecule has 1 aromatic heterocycles. The quantitative estimate of drug-likeness (QED) is 0.247. The first kappa shape index (κ1) is 23.0. The summed E-state index contributed by atoms with van der Waals surface area (Å²) in [6.45, 7) is 6.86. The van der Waals surface area contributed by atoms with E-state index in [2.05, 4.69) is 153 Å². The van der Waals surface area contributed by atoms with Gasteiger partial charge in [0.15, 0.2) is 0 Å². The number of rotatable bonds is 4. The average molecular weight is 479 g/mol. The van der Waals surface area contributed by atoms with E-state index in [9.17, 15) is 0 Å². The standard InChI is InChI=1S/C35H30N2/c1-35(2,3)28-23-29(25-15-7-4-8-16-25)33(30(24-28)26-17-9-5-10-18-26)37-32-22-14-13-21-31(32)36-34(37)27-19-11-6-12-20-27/h4-24H,1-3H3. The molecule has 6 rings (SSSR count). The van der Waals surface area contributed by atoms with Crippen molar-refractivity contribution in [3.05, 3.63) is 133 Å². The summed E-state index contributed by atoms with van der Waals surface area (Å²) in [6, 6.07) is 45.2. The lowest BCUT2D eigenvalue weighted by molar-refractivity contribution is 0.590. The van der Waals surface area contributed by atoms with Crippen LogP contribution < -0.4 is 0 Å². The van der Waals surface area contributed by atoms with E-state index in [1.807, 2.05) is 0 Å². The van der Waals surface area contributed by atoms with Gasteiger partial charge in [-0.2, -0.15) is 0 Å². The Balaban J connectivity index is 1.81. The van der Waals surface area contributed by atoms with Crippen LogP contribution in [-0.4, -0.2) is 9.55 Å². The highest BCUT2D eigenvalue weighted by Gasteiger charge is 2.25. The Hall–Kier alpha value is -4.43. The minimum absolute atomic E-state index is 0.00907. The van der Waals surface area contributed by atoms with E-state index in [1.165, 1.54) is 27.8 Å². The summed E-state index contributed by atoms with van der Waals surface area (Å²) in [5, 5.41) is 0. The Morgan fingerprint density at radius 2 is 1.00 bits per heavy atom. The average Bonchev–Trinajstić information content (AvgIpc) is 3.32. The predicted octanol–water partition coefficient (Wildman–Crippen LogP) is 9.32. The minimum Gasteiger partial charge on any atom is -0.291 e. The van der Waals surface area contributed by atoms with E-state index in [0.29, 0.717) is 0 Å².